The molecule has 6 nitrogen and oxygen atoms in total. The maximum absolute atomic E-state index is 6.23. The van der Waals surface area contributed by atoms with Crippen LogP contribution in [0.2, 0.25) is 0 Å². The first-order valence-corrected chi connectivity index (χ1v) is 9.69. The number of piperidine rings is 1. The summed E-state index contributed by atoms with van der Waals surface area (Å²) >= 11 is 0. The maximum Gasteiger partial charge on any atom is 0.181 e. The second-order valence-electron chi connectivity index (χ2n) is 8.51. The summed E-state index contributed by atoms with van der Waals surface area (Å²) in [5, 5.41) is 4.92. The average molecular weight is 355 g/mol. The quantitative estimate of drug-likeness (QED) is 0.844. The zero-order chi connectivity index (χ0) is 18.1. The molecule has 0 aliphatic carbocycles. The molecule has 0 spiro atoms. The molecular weight excluding hydrogens is 326 g/mol. The minimum absolute atomic E-state index is 0.0470. The summed E-state index contributed by atoms with van der Waals surface area (Å²) in [4.78, 5) is 11.4. The smallest absolute Gasteiger partial charge is 0.181 e. The van der Waals surface area contributed by atoms with Gasteiger partial charge in [0.05, 0.1) is 12.6 Å². The third-order valence-electron chi connectivity index (χ3n) is 5.68. The van der Waals surface area contributed by atoms with E-state index in [0.29, 0.717) is 6.04 Å². The SMILES string of the molecule is CN1CCC(n2nc(-c3ccncc3)nc2C2CCC(C)(C)CO2)CC1. The zero-order valence-electron chi connectivity index (χ0n) is 16.1. The van der Waals surface area contributed by atoms with E-state index in [2.05, 4.69) is 35.5 Å². The molecular formula is C20H29N5O. The number of rotatable bonds is 3. The van der Waals surface area contributed by atoms with Gasteiger partial charge in [-0.3, -0.25) is 4.98 Å². The van der Waals surface area contributed by atoms with Crippen molar-refractivity contribution in [2.75, 3.05) is 26.7 Å². The minimum atomic E-state index is 0.0470. The third kappa shape index (κ3) is 3.67. The highest BCUT2D eigenvalue weighted by molar-refractivity contribution is 5.53. The highest BCUT2D eigenvalue weighted by Crippen LogP contribution is 2.38. The standard InChI is InChI=1S/C20H29N5O/c1-20(2)9-4-17(26-14-20)19-22-18(15-5-10-21-11-6-15)23-25(19)16-7-12-24(3)13-8-16/h5-6,10-11,16-17H,4,7-9,12-14H2,1-3H3. The van der Waals surface area contributed by atoms with E-state index < -0.39 is 0 Å². The molecule has 2 fully saturated rings. The molecule has 4 rings (SSSR count). The highest BCUT2D eigenvalue weighted by atomic mass is 16.5. The minimum Gasteiger partial charge on any atom is -0.370 e. The average Bonchev–Trinajstić information content (AvgIpc) is 3.08. The molecule has 1 atom stereocenters. The van der Waals surface area contributed by atoms with E-state index in [0.717, 1.165) is 62.6 Å². The number of pyridine rings is 1. The first-order chi connectivity index (χ1) is 12.5. The first-order valence-electron chi connectivity index (χ1n) is 9.69. The molecule has 0 bridgehead atoms. The van der Waals surface area contributed by atoms with Gasteiger partial charge in [-0.2, -0.15) is 5.10 Å². The molecule has 2 aliphatic heterocycles. The summed E-state index contributed by atoms with van der Waals surface area (Å²) in [6.07, 6.45) is 8.03. The van der Waals surface area contributed by atoms with Gasteiger partial charge >= 0.3 is 0 Å². The van der Waals surface area contributed by atoms with Crippen LogP contribution < -0.4 is 0 Å². The summed E-state index contributed by atoms with van der Waals surface area (Å²) in [6, 6.07) is 4.36. The summed E-state index contributed by atoms with van der Waals surface area (Å²) in [6.45, 7) is 7.53. The van der Waals surface area contributed by atoms with Crippen molar-refractivity contribution in [3.05, 3.63) is 30.4 Å². The van der Waals surface area contributed by atoms with E-state index in [1.165, 1.54) is 0 Å². The van der Waals surface area contributed by atoms with Crippen molar-refractivity contribution < 1.29 is 4.74 Å². The molecule has 0 amide bonds. The van der Waals surface area contributed by atoms with Crippen LogP contribution in [0.1, 0.15) is 57.5 Å². The predicted octanol–water partition coefficient (Wildman–Crippen LogP) is 3.48. The Hall–Kier alpha value is -1.79. The Bertz CT molecular complexity index is 724. The summed E-state index contributed by atoms with van der Waals surface area (Å²) < 4.78 is 8.41. The lowest BCUT2D eigenvalue weighted by Crippen LogP contribution is -2.34. The van der Waals surface area contributed by atoms with Gasteiger partial charge in [0.1, 0.15) is 6.10 Å². The predicted molar refractivity (Wildman–Crippen MR) is 101 cm³/mol. The molecule has 4 heterocycles. The van der Waals surface area contributed by atoms with E-state index in [1.807, 2.05) is 12.1 Å². The van der Waals surface area contributed by atoms with E-state index in [9.17, 15) is 0 Å². The molecule has 6 heteroatoms. The number of nitrogens with zero attached hydrogens (tertiary/aromatic N) is 5. The Balaban J connectivity index is 1.65. The van der Waals surface area contributed by atoms with E-state index in [-0.39, 0.29) is 11.5 Å². The number of aromatic nitrogens is 4. The summed E-state index contributed by atoms with van der Waals surface area (Å²) in [7, 11) is 2.19. The van der Waals surface area contributed by atoms with Gasteiger partial charge in [-0.25, -0.2) is 9.67 Å². The largest absolute Gasteiger partial charge is 0.370 e. The molecule has 140 valence electrons. The normalized spacial score (nSPS) is 24.7. The molecule has 1 unspecified atom stereocenters. The molecule has 0 aromatic carbocycles. The lowest BCUT2D eigenvalue weighted by Gasteiger charge is -2.35. The van der Waals surface area contributed by atoms with Crippen molar-refractivity contribution in [2.24, 2.45) is 5.41 Å². The van der Waals surface area contributed by atoms with E-state index in [1.54, 1.807) is 12.4 Å². The second-order valence-corrected chi connectivity index (χ2v) is 8.51. The van der Waals surface area contributed by atoms with Crippen LogP contribution in [0.3, 0.4) is 0 Å². The fourth-order valence-electron chi connectivity index (χ4n) is 3.89. The fraction of sp³-hybridized carbons (Fsp3) is 0.650. The Morgan fingerprint density at radius 3 is 2.50 bits per heavy atom. The van der Waals surface area contributed by atoms with Crippen molar-refractivity contribution >= 4 is 0 Å². The third-order valence-corrected chi connectivity index (χ3v) is 5.68. The summed E-state index contributed by atoms with van der Waals surface area (Å²) in [5.41, 5.74) is 1.27. The fourth-order valence-corrected chi connectivity index (χ4v) is 3.89. The highest BCUT2D eigenvalue weighted by Gasteiger charge is 2.33. The lowest BCUT2D eigenvalue weighted by molar-refractivity contribution is -0.0565. The molecule has 2 aromatic rings. The van der Waals surface area contributed by atoms with Crippen LogP contribution in [0.15, 0.2) is 24.5 Å². The molecule has 0 N–H and O–H groups in total. The number of likely N-dealkylation sites (tertiary alicyclic amines) is 1. The van der Waals surface area contributed by atoms with Crippen LogP contribution in [0.4, 0.5) is 0 Å². The van der Waals surface area contributed by atoms with E-state index >= 15 is 0 Å². The Kier molecular flexibility index (Phi) is 4.80. The van der Waals surface area contributed by atoms with Crippen LogP contribution in [0, 0.1) is 5.41 Å². The van der Waals surface area contributed by atoms with Gasteiger partial charge in [-0.15, -0.1) is 0 Å². The van der Waals surface area contributed by atoms with E-state index in [4.69, 9.17) is 14.8 Å². The summed E-state index contributed by atoms with van der Waals surface area (Å²) in [5.74, 6) is 1.79. The Labute approximate surface area is 155 Å². The van der Waals surface area contributed by atoms with Crippen molar-refractivity contribution in [3.63, 3.8) is 0 Å². The lowest BCUT2D eigenvalue weighted by atomic mass is 9.85. The van der Waals surface area contributed by atoms with Gasteiger partial charge in [-0.1, -0.05) is 13.8 Å². The van der Waals surface area contributed by atoms with Gasteiger partial charge < -0.3 is 9.64 Å². The van der Waals surface area contributed by atoms with Crippen LogP contribution in [0.5, 0.6) is 0 Å². The molecule has 0 radical (unpaired) electrons. The topological polar surface area (TPSA) is 56.1 Å². The molecule has 2 aliphatic rings. The number of hydrogen-bond acceptors (Lipinski definition) is 5. The van der Waals surface area contributed by atoms with Gasteiger partial charge in [0.25, 0.3) is 0 Å². The van der Waals surface area contributed by atoms with Crippen molar-refractivity contribution in [1.29, 1.82) is 0 Å². The molecule has 26 heavy (non-hydrogen) atoms. The van der Waals surface area contributed by atoms with Crippen molar-refractivity contribution in [1.82, 2.24) is 24.6 Å². The number of hydrogen-bond donors (Lipinski definition) is 0. The van der Waals surface area contributed by atoms with Crippen LogP contribution in [-0.4, -0.2) is 51.4 Å². The van der Waals surface area contributed by atoms with Gasteiger partial charge in [0.15, 0.2) is 11.6 Å². The molecule has 2 aromatic heterocycles. The van der Waals surface area contributed by atoms with Gasteiger partial charge in [0, 0.05) is 18.0 Å². The van der Waals surface area contributed by atoms with Crippen LogP contribution >= 0.6 is 0 Å². The molecule has 0 saturated carbocycles. The van der Waals surface area contributed by atoms with Crippen molar-refractivity contribution in [3.8, 4) is 11.4 Å². The van der Waals surface area contributed by atoms with Crippen LogP contribution in [0.25, 0.3) is 11.4 Å². The zero-order valence-corrected chi connectivity index (χ0v) is 16.1. The van der Waals surface area contributed by atoms with Gasteiger partial charge in [0.2, 0.25) is 0 Å². The Morgan fingerprint density at radius 1 is 1.12 bits per heavy atom. The van der Waals surface area contributed by atoms with Crippen molar-refractivity contribution in [2.45, 2.75) is 51.7 Å². The van der Waals surface area contributed by atoms with Gasteiger partial charge in [-0.05, 0) is 63.4 Å². The van der Waals surface area contributed by atoms with Crippen LogP contribution in [-0.2, 0) is 4.74 Å². The maximum atomic E-state index is 6.23. The molecule has 2 saturated heterocycles. The monoisotopic (exact) mass is 355 g/mol. The second kappa shape index (κ2) is 7.08. The number of ether oxygens (including phenoxy) is 1. The first kappa shape index (κ1) is 17.6. The Morgan fingerprint density at radius 2 is 1.85 bits per heavy atom.